The fourth-order valence-corrected chi connectivity index (χ4v) is 3.68. The van der Waals surface area contributed by atoms with E-state index >= 15 is 0 Å². The number of esters is 1. The van der Waals surface area contributed by atoms with Crippen molar-refractivity contribution in [3.8, 4) is 11.5 Å². The molecule has 0 spiro atoms. The van der Waals surface area contributed by atoms with E-state index < -0.39 is 6.10 Å². The first kappa shape index (κ1) is 22.3. The average Bonchev–Trinajstić information content (AvgIpc) is 2.79. The molecule has 1 unspecified atom stereocenters. The van der Waals surface area contributed by atoms with Gasteiger partial charge in [-0.25, -0.2) is 0 Å². The molecule has 0 fully saturated rings. The Bertz CT molecular complexity index is 1010. The van der Waals surface area contributed by atoms with Crippen molar-refractivity contribution in [3.05, 3.63) is 70.8 Å². The molecule has 2 aromatic carbocycles. The van der Waals surface area contributed by atoms with E-state index in [4.69, 9.17) is 14.2 Å². The van der Waals surface area contributed by atoms with Crippen LogP contribution in [0.25, 0.3) is 0 Å². The Kier molecular flexibility index (Phi) is 7.23. The molecule has 6 nitrogen and oxygen atoms in total. The van der Waals surface area contributed by atoms with E-state index in [1.54, 1.807) is 6.07 Å². The molecule has 1 atom stereocenters. The fraction of sp³-hybridized carbons (Fsp3) is 0.320. The summed E-state index contributed by atoms with van der Waals surface area (Å²) < 4.78 is 16.9. The molecule has 0 N–H and O–H groups in total. The molecule has 0 aliphatic heterocycles. The van der Waals surface area contributed by atoms with Gasteiger partial charge < -0.3 is 14.2 Å². The van der Waals surface area contributed by atoms with Crippen molar-refractivity contribution < 1.29 is 28.6 Å². The first-order valence-electron chi connectivity index (χ1n) is 10.3. The molecule has 0 aromatic heterocycles. The van der Waals surface area contributed by atoms with Crippen molar-refractivity contribution in [3.63, 3.8) is 0 Å². The second-order valence-corrected chi connectivity index (χ2v) is 7.25. The maximum absolute atomic E-state index is 12.7. The number of unbranched alkanes of at least 4 members (excludes halogenated alkanes) is 2. The zero-order chi connectivity index (χ0) is 22.4. The van der Waals surface area contributed by atoms with Gasteiger partial charge in [-0.05, 0) is 30.2 Å². The van der Waals surface area contributed by atoms with Gasteiger partial charge in [0.15, 0.2) is 17.7 Å². The summed E-state index contributed by atoms with van der Waals surface area (Å²) >= 11 is 0. The Morgan fingerprint density at radius 2 is 1.61 bits per heavy atom. The Morgan fingerprint density at radius 1 is 0.935 bits per heavy atom. The summed E-state index contributed by atoms with van der Waals surface area (Å²) in [7, 11) is 2.85. The lowest BCUT2D eigenvalue weighted by atomic mass is 9.88. The molecule has 0 radical (unpaired) electrons. The fourth-order valence-electron chi connectivity index (χ4n) is 3.68. The van der Waals surface area contributed by atoms with E-state index in [-0.39, 0.29) is 40.2 Å². The minimum Gasteiger partial charge on any atom is -0.496 e. The number of methoxy groups -OCH3 is 2. The van der Waals surface area contributed by atoms with Gasteiger partial charge in [-0.1, -0.05) is 50.1 Å². The van der Waals surface area contributed by atoms with E-state index in [2.05, 4.69) is 6.92 Å². The van der Waals surface area contributed by atoms with Crippen LogP contribution >= 0.6 is 0 Å². The molecule has 1 aliphatic carbocycles. The Balaban J connectivity index is 2.15. The predicted molar refractivity (Wildman–Crippen MR) is 116 cm³/mol. The van der Waals surface area contributed by atoms with Crippen molar-refractivity contribution >= 4 is 17.5 Å². The molecular weight excluding hydrogens is 396 g/mol. The lowest BCUT2D eigenvalue weighted by molar-refractivity contribution is -0.147. The maximum atomic E-state index is 12.7. The molecule has 0 heterocycles. The third-order valence-electron chi connectivity index (χ3n) is 5.19. The molecule has 31 heavy (non-hydrogen) atoms. The summed E-state index contributed by atoms with van der Waals surface area (Å²) in [5.74, 6) is -0.620. The van der Waals surface area contributed by atoms with E-state index in [1.165, 1.54) is 26.4 Å². The zero-order valence-corrected chi connectivity index (χ0v) is 18.0. The van der Waals surface area contributed by atoms with Crippen LogP contribution in [-0.4, -0.2) is 31.8 Å². The van der Waals surface area contributed by atoms with Gasteiger partial charge in [-0.2, -0.15) is 0 Å². The van der Waals surface area contributed by atoms with Gasteiger partial charge in [0.05, 0.1) is 25.3 Å². The van der Waals surface area contributed by atoms with Crippen LogP contribution in [0.3, 0.4) is 0 Å². The number of ketones is 2. The first-order valence-corrected chi connectivity index (χ1v) is 10.3. The lowest BCUT2D eigenvalue weighted by Crippen LogP contribution is -2.19. The van der Waals surface area contributed by atoms with Gasteiger partial charge in [-0.3, -0.25) is 14.4 Å². The standard InChI is InChI=1S/C25H26O6/c1-4-5-7-12-21(28)31-24(16-10-8-6-9-11-16)17-15-20(29-2)22-18(26)13-14-19(27)23(22)25(17)30-3/h6,8-11,13-15,24H,4-5,7,12H2,1-3H3. The largest absolute Gasteiger partial charge is 0.496 e. The van der Waals surface area contributed by atoms with Crippen LogP contribution in [0.2, 0.25) is 0 Å². The van der Waals surface area contributed by atoms with Crippen molar-refractivity contribution in [2.24, 2.45) is 0 Å². The molecule has 0 bridgehead atoms. The van der Waals surface area contributed by atoms with Crippen LogP contribution in [0.15, 0.2) is 48.6 Å². The number of ether oxygens (including phenoxy) is 3. The summed E-state index contributed by atoms with van der Waals surface area (Å²) in [5.41, 5.74) is 1.44. The topological polar surface area (TPSA) is 78.9 Å². The number of hydrogen-bond donors (Lipinski definition) is 0. The number of fused-ring (bicyclic) bond motifs is 1. The number of benzene rings is 2. The number of carbonyl (C=O) groups excluding carboxylic acids is 3. The smallest absolute Gasteiger partial charge is 0.306 e. The molecule has 6 heteroatoms. The normalized spacial score (nSPS) is 13.5. The summed E-state index contributed by atoms with van der Waals surface area (Å²) in [6.07, 6.45) is 4.57. The van der Waals surface area contributed by atoms with Gasteiger partial charge in [-0.15, -0.1) is 0 Å². The van der Waals surface area contributed by atoms with Crippen molar-refractivity contribution in [2.75, 3.05) is 14.2 Å². The monoisotopic (exact) mass is 422 g/mol. The summed E-state index contributed by atoms with van der Waals surface area (Å²) in [6.45, 7) is 2.06. The van der Waals surface area contributed by atoms with Crippen LogP contribution < -0.4 is 9.47 Å². The van der Waals surface area contributed by atoms with Crippen LogP contribution in [0.5, 0.6) is 11.5 Å². The Hall–Kier alpha value is -3.41. The highest BCUT2D eigenvalue weighted by atomic mass is 16.5. The van der Waals surface area contributed by atoms with Gasteiger partial charge in [0.2, 0.25) is 0 Å². The van der Waals surface area contributed by atoms with Crippen LogP contribution in [0.4, 0.5) is 0 Å². The summed E-state index contributed by atoms with van der Waals surface area (Å²) in [6, 6.07) is 10.8. The van der Waals surface area contributed by atoms with Gasteiger partial charge in [0.1, 0.15) is 11.5 Å². The van der Waals surface area contributed by atoms with Gasteiger partial charge in [0, 0.05) is 12.0 Å². The summed E-state index contributed by atoms with van der Waals surface area (Å²) in [4.78, 5) is 37.8. The lowest BCUT2D eigenvalue weighted by Gasteiger charge is -2.25. The van der Waals surface area contributed by atoms with Gasteiger partial charge in [0.25, 0.3) is 0 Å². The molecule has 0 amide bonds. The highest BCUT2D eigenvalue weighted by Gasteiger charge is 2.33. The number of hydrogen-bond acceptors (Lipinski definition) is 6. The zero-order valence-electron chi connectivity index (χ0n) is 18.0. The molecule has 1 aliphatic rings. The van der Waals surface area contributed by atoms with Crippen LogP contribution in [0.1, 0.15) is 70.6 Å². The van der Waals surface area contributed by atoms with Crippen molar-refractivity contribution in [1.82, 2.24) is 0 Å². The van der Waals surface area contributed by atoms with Gasteiger partial charge >= 0.3 is 5.97 Å². The molecule has 0 saturated carbocycles. The molecule has 0 saturated heterocycles. The summed E-state index contributed by atoms with van der Waals surface area (Å²) in [5, 5.41) is 0. The predicted octanol–water partition coefficient (Wildman–Crippen LogP) is 4.85. The minimum absolute atomic E-state index is 0.118. The highest BCUT2D eigenvalue weighted by Crippen LogP contribution is 2.43. The van der Waals surface area contributed by atoms with Crippen molar-refractivity contribution in [1.29, 1.82) is 0 Å². The third-order valence-corrected chi connectivity index (χ3v) is 5.19. The quantitative estimate of drug-likeness (QED) is 0.424. The highest BCUT2D eigenvalue weighted by molar-refractivity contribution is 6.24. The first-order chi connectivity index (χ1) is 15.0. The van der Waals surface area contributed by atoms with Crippen molar-refractivity contribution in [2.45, 2.75) is 38.7 Å². The number of rotatable bonds is 9. The average molecular weight is 422 g/mol. The SMILES string of the molecule is CCCCCC(=O)OC(c1ccccc1)c1cc(OC)c2c(c1OC)C(=O)C=CC2=O. The number of allylic oxidation sites excluding steroid dienone is 2. The third kappa shape index (κ3) is 4.68. The van der Waals surface area contributed by atoms with Crippen LogP contribution in [0, 0.1) is 0 Å². The van der Waals surface area contributed by atoms with Crippen LogP contribution in [-0.2, 0) is 9.53 Å². The molecule has 2 aromatic rings. The van der Waals surface area contributed by atoms with E-state index in [9.17, 15) is 14.4 Å². The minimum atomic E-state index is -0.821. The Morgan fingerprint density at radius 3 is 2.23 bits per heavy atom. The molecular formula is C25H26O6. The maximum Gasteiger partial charge on any atom is 0.306 e. The number of carbonyl (C=O) groups is 3. The Labute approximate surface area is 181 Å². The second-order valence-electron chi connectivity index (χ2n) is 7.25. The van der Waals surface area contributed by atoms with E-state index in [0.29, 0.717) is 12.0 Å². The van der Waals surface area contributed by atoms with E-state index in [1.807, 2.05) is 30.3 Å². The second kappa shape index (κ2) is 10.1. The molecule has 3 rings (SSSR count). The molecule has 162 valence electrons. The van der Waals surface area contributed by atoms with E-state index in [0.717, 1.165) is 24.8 Å².